The predicted molar refractivity (Wildman–Crippen MR) is 94.0 cm³/mol. The lowest BCUT2D eigenvalue weighted by atomic mass is 10.1. The molecule has 0 aliphatic carbocycles. The molecular formula is C20H20N2O3. The molecule has 2 aromatic carbocycles. The zero-order valence-corrected chi connectivity index (χ0v) is 14.1. The maximum atomic E-state index is 12.0. The van der Waals surface area contributed by atoms with E-state index in [1.165, 1.54) is 7.11 Å². The Labute approximate surface area is 147 Å². The summed E-state index contributed by atoms with van der Waals surface area (Å²) < 4.78 is 4.64. The van der Waals surface area contributed by atoms with Crippen LogP contribution in [0.1, 0.15) is 33.5 Å². The Balaban J connectivity index is 1.74. The van der Waals surface area contributed by atoms with E-state index in [1.807, 2.05) is 30.3 Å². The Morgan fingerprint density at radius 3 is 2.28 bits per heavy atom. The van der Waals surface area contributed by atoms with Gasteiger partial charge < -0.3 is 10.1 Å². The van der Waals surface area contributed by atoms with E-state index < -0.39 is 0 Å². The normalized spacial score (nSPS) is 9.92. The van der Waals surface area contributed by atoms with Gasteiger partial charge in [-0.1, -0.05) is 24.3 Å². The molecule has 2 aromatic rings. The standard InChI is InChI=1S/C20H20N2O3/c1-25-19(23)13-16-6-4-15(5-7-16)3-2-12-22-20(24)18-10-8-17(14-21)9-11-18/h4-11H,2-3,12-13H2,1H3,(H,22,24). The van der Waals surface area contributed by atoms with E-state index >= 15 is 0 Å². The van der Waals surface area contributed by atoms with E-state index in [-0.39, 0.29) is 18.3 Å². The molecule has 0 saturated heterocycles. The number of methoxy groups -OCH3 is 1. The average Bonchev–Trinajstić information content (AvgIpc) is 2.66. The fourth-order valence-electron chi connectivity index (χ4n) is 2.36. The van der Waals surface area contributed by atoms with Gasteiger partial charge in [0.15, 0.2) is 0 Å². The quantitative estimate of drug-likeness (QED) is 0.623. The number of hydrogen-bond acceptors (Lipinski definition) is 4. The first-order valence-corrected chi connectivity index (χ1v) is 8.05. The lowest BCUT2D eigenvalue weighted by Crippen LogP contribution is -2.24. The molecule has 5 nitrogen and oxygen atoms in total. The number of nitrogens with one attached hydrogen (secondary N) is 1. The van der Waals surface area contributed by atoms with Gasteiger partial charge in [-0.15, -0.1) is 0 Å². The predicted octanol–water partition coefficient (Wildman–Crippen LogP) is 2.64. The molecule has 0 spiro atoms. The molecule has 1 amide bonds. The summed E-state index contributed by atoms with van der Waals surface area (Å²) in [6.07, 6.45) is 1.93. The third kappa shape index (κ3) is 5.78. The van der Waals surface area contributed by atoms with E-state index in [9.17, 15) is 9.59 Å². The first-order valence-electron chi connectivity index (χ1n) is 8.05. The van der Waals surface area contributed by atoms with Crippen molar-refractivity contribution in [1.29, 1.82) is 5.26 Å². The van der Waals surface area contributed by atoms with Gasteiger partial charge in [-0.3, -0.25) is 9.59 Å². The monoisotopic (exact) mass is 336 g/mol. The molecule has 2 rings (SSSR count). The number of carbonyl (C=O) groups is 2. The van der Waals surface area contributed by atoms with E-state index in [4.69, 9.17) is 5.26 Å². The van der Waals surface area contributed by atoms with E-state index in [0.29, 0.717) is 17.7 Å². The summed E-state index contributed by atoms with van der Waals surface area (Å²) >= 11 is 0. The van der Waals surface area contributed by atoms with Crippen LogP contribution in [0.2, 0.25) is 0 Å². The molecule has 0 heterocycles. The fourth-order valence-corrected chi connectivity index (χ4v) is 2.36. The van der Waals surface area contributed by atoms with Crippen LogP contribution in [0.5, 0.6) is 0 Å². The Morgan fingerprint density at radius 2 is 1.68 bits per heavy atom. The van der Waals surface area contributed by atoms with Crippen LogP contribution >= 0.6 is 0 Å². The molecule has 0 aromatic heterocycles. The van der Waals surface area contributed by atoms with Gasteiger partial charge in [-0.2, -0.15) is 5.26 Å². The highest BCUT2D eigenvalue weighted by molar-refractivity contribution is 5.94. The summed E-state index contributed by atoms with van der Waals surface area (Å²) in [5.74, 6) is -0.392. The van der Waals surface area contributed by atoms with Crippen molar-refractivity contribution in [2.24, 2.45) is 0 Å². The van der Waals surface area contributed by atoms with E-state index in [2.05, 4.69) is 10.1 Å². The van der Waals surface area contributed by atoms with Gasteiger partial charge in [-0.25, -0.2) is 0 Å². The molecule has 0 aliphatic heterocycles. The third-order valence-corrected chi connectivity index (χ3v) is 3.80. The van der Waals surface area contributed by atoms with Crippen molar-refractivity contribution in [2.75, 3.05) is 13.7 Å². The van der Waals surface area contributed by atoms with Crippen molar-refractivity contribution in [3.05, 3.63) is 70.8 Å². The number of carbonyl (C=O) groups excluding carboxylic acids is 2. The second-order valence-electron chi connectivity index (χ2n) is 5.62. The van der Waals surface area contributed by atoms with Gasteiger partial charge in [0.2, 0.25) is 0 Å². The summed E-state index contributed by atoms with van der Waals surface area (Å²) in [4.78, 5) is 23.2. The smallest absolute Gasteiger partial charge is 0.309 e. The summed E-state index contributed by atoms with van der Waals surface area (Å²) in [5.41, 5.74) is 3.16. The summed E-state index contributed by atoms with van der Waals surface area (Å²) in [6, 6.07) is 16.4. The lowest BCUT2D eigenvalue weighted by Gasteiger charge is -2.06. The molecule has 0 unspecified atom stereocenters. The van der Waals surface area contributed by atoms with Gasteiger partial charge >= 0.3 is 5.97 Å². The van der Waals surface area contributed by atoms with Crippen LogP contribution in [0.3, 0.4) is 0 Å². The number of nitrogens with zero attached hydrogens (tertiary/aromatic N) is 1. The molecule has 25 heavy (non-hydrogen) atoms. The van der Waals surface area contributed by atoms with Gasteiger partial charge in [-0.05, 0) is 48.2 Å². The van der Waals surface area contributed by atoms with Crippen LogP contribution in [0.25, 0.3) is 0 Å². The minimum Gasteiger partial charge on any atom is -0.469 e. The first kappa shape index (κ1) is 18.2. The molecule has 0 atom stereocenters. The highest BCUT2D eigenvalue weighted by Gasteiger charge is 2.05. The second kappa shape index (κ2) is 9.24. The summed E-state index contributed by atoms with van der Waals surface area (Å²) in [6.45, 7) is 0.572. The topological polar surface area (TPSA) is 79.2 Å². The average molecular weight is 336 g/mol. The van der Waals surface area contributed by atoms with Crippen LogP contribution in [-0.2, 0) is 22.4 Å². The number of hydrogen-bond donors (Lipinski definition) is 1. The number of benzene rings is 2. The number of esters is 1. The third-order valence-electron chi connectivity index (χ3n) is 3.80. The van der Waals surface area contributed by atoms with Crippen molar-refractivity contribution in [1.82, 2.24) is 5.32 Å². The molecular weight excluding hydrogens is 316 g/mol. The summed E-state index contributed by atoms with van der Waals surface area (Å²) in [7, 11) is 1.38. The highest BCUT2D eigenvalue weighted by atomic mass is 16.5. The fraction of sp³-hybridized carbons (Fsp3) is 0.250. The number of nitriles is 1. The number of rotatable bonds is 7. The maximum absolute atomic E-state index is 12.0. The molecule has 0 bridgehead atoms. The zero-order chi connectivity index (χ0) is 18.1. The van der Waals surface area contributed by atoms with Crippen molar-refractivity contribution < 1.29 is 14.3 Å². The minimum atomic E-state index is -0.252. The molecule has 128 valence electrons. The van der Waals surface area contributed by atoms with Crippen molar-refractivity contribution in [2.45, 2.75) is 19.3 Å². The molecule has 0 saturated carbocycles. The highest BCUT2D eigenvalue weighted by Crippen LogP contribution is 2.08. The second-order valence-corrected chi connectivity index (χ2v) is 5.62. The van der Waals surface area contributed by atoms with Gasteiger partial charge in [0.1, 0.15) is 0 Å². The Kier molecular flexibility index (Phi) is 6.73. The number of aryl methyl sites for hydroxylation is 1. The zero-order valence-electron chi connectivity index (χ0n) is 14.1. The Morgan fingerprint density at radius 1 is 1.04 bits per heavy atom. The van der Waals surface area contributed by atoms with Gasteiger partial charge in [0.05, 0.1) is 25.2 Å². The maximum Gasteiger partial charge on any atom is 0.309 e. The van der Waals surface area contributed by atoms with Gasteiger partial charge in [0, 0.05) is 12.1 Å². The van der Waals surface area contributed by atoms with Crippen LogP contribution in [0, 0.1) is 11.3 Å². The van der Waals surface area contributed by atoms with E-state index in [1.54, 1.807) is 24.3 Å². The van der Waals surface area contributed by atoms with Crippen molar-refractivity contribution in [3.63, 3.8) is 0 Å². The van der Waals surface area contributed by atoms with Crippen molar-refractivity contribution >= 4 is 11.9 Å². The number of amides is 1. The molecule has 0 aliphatic rings. The minimum absolute atomic E-state index is 0.141. The largest absolute Gasteiger partial charge is 0.469 e. The van der Waals surface area contributed by atoms with Crippen LogP contribution in [-0.4, -0.2) is 25.5 Å². The molecule has 5 heteroatoms. The van der Waals surface area contributed by atoms with Gasteiger partial charge in [0.25, 0.3) is 5.91 Å². The van der Waals surface area contributed by atoms with Crippen molar-refractivity contribution in [3.8, 4) is 6.07 Å². The Bertz CT molecular complexity index is 759. The SMILES string of the molecule is COC(=O)Cc1ccc(CCCNC(=O)c2ccc(C#N)cc2)cc1. The number of ether oxygens (including phenoxy) is 1. The molecule has 0 radical (unpaired) electrons. The molecule has 1 N–H and O–H groups in total. The first-order chi connectivity index (χ1) is 12.1. The van der Waals surface area contributed by atoms with Crippen LogP contribution < -0.4 is 5.32 Å². The summed E-state index contributed by atoms with van der Waals surface area (Å²) in [5, 5.41) is 11.6. The Hall–Kier alpha value is -3.13. The van der Waals surface area contributed by atoms with E-state index in [0.717, 1.165) is 24.0 Å². The van der Waals surface area contributed by atoms with Crippen LogP contribution in [0.15, 0.2) is 48.5 Å². The molecule has 0 fully saturated rings. The van der Waals surface area contributed by atoms with Crippen LogP contribution in [0.4, 0.5) is 0 Å². The lowest BCUT2D eigenvalue weighted by molar-refractivity contribution is -0.139.